The summed E-state index contributed by atoms with van der Waals surface area (Å²) in [5, 5.41) is 3.11. The molecule has 0 aromatic heterocycles. The highest BCUT2D eigenvalue weighted by Crippen LogP contribution is 2.29. The molecular formula is C19H19Cl2N3O2. The van der Waals surface area contributed by atoms with Crippen LogP contribution in [0.3, 0.4) is 0 Å². The minimum Gasteiger partial charge on any atom is -0.332 e. The van der Waals surface area contributed by atoms with Crippen LogP contribution in [0.25, 0.3) is 0 Å². The van der Waals surface area contributed by atoms with E-state index >= 15 is 0 Å². The average molecular weight is 392 g/mol. The van der Waals surface area contributed by atoms with Crippen molar-refractivity contribution in [2.45, 2.75) is 6.54 Å². The van der Waals surface area contributed by atoms with Gasteiger partial charge < -0.3 is 10.2 Å². The Morgan fingerprint density at radius 2 is 1.50 bits per heavy atom. The van der Waals surface area contributed by atoms with Gasteiger partial charge in [-0.2, -0.15) is 0 Å². The molecule has 26 heavy (non-hydrogen) atoms. The van der Waals surface area contributed by atoms with Crippen molar-refractivity contribution in [3.05, 3.63) is 64.1 Å². The van der Waals surface area contributed by atoms with Crippen molar-refractivity contribution in [1.29, 1.82) is 0 Å². The third-order valence-corrected chi connectivity index (χ3v) is 4.93. The Morgan fingerprint density at radius 3 is 2.12 bits per heavy atom. The van der Waals surface area contributed by atoms with Crippen LogP contribution in [0.5, 0.6) is 0 Å². The van der Waals surface area contributed by atoms with Crippen LogP contribution in [-0.2, 0) is 16.1 Å². The third-order valence-electron chi connectivity index (χ3n) is 4.30. The van der Waals surface area contributed by atoms with E-state index in [2.05, 4.69) is 22.3 Å². The molecule has 136 valence electrons. The van der Waals surface area contributed by atoms with E-state index in [1.54, 1.807) is 23.1 Å². The van der Waals surface area contributed by atoms with Gasteiger partial charge in [0.2, 0.25) is 0 Å². The molecule has 1 aliphatic rings. The highest BCUT2D eigenvalue weighted by atomic mass is 35.5. The van der Waals surface area contributed by atoms with Crippen LogP contribution in [0, 0.1) is 0 Å². The van der Waals surface area contributed by atoms with Gasteiger partial charge in [0, 0.05) is 32.7 Å². The van der Waals surface area contributed by atoms with E-state index in [-0.39, 0.29) is 5.69 Å². The number of anilines is 1. The van der Waals surface area contributed by atoms with E-state index in [0.717, 1.165) is 19.6 Å². The zero-order valence-corrected chi connectivity index (χ0v) is 15.6. The molecule has 0 unspecified atom stereocenters. The van der Waals surface area contributed by atoms with Crippen LogP contribution in [0.1, 0.15) is 5.56 Å². The minimum atomic E-state index is -0.725. The summed E-state index contributed by atoms with van der Waals surface area (Å²) in [4.78, 5) is 28.5. The molecule has 2 amide bonds. The molecule has 1 fully saturated rings. The van der Waals surface area contributed by atoms with Crippen LogP contribution < -0.4 is 5.32 Å². The maximum absolute atomic E-state index is 12.4. The molecule has 2 aromatic rings. The molecule has 1 saturated heterocycles. The van der Waals surface area contributed by atoms with E-state index in [0.29, 0.717) is 23.1 Å². The number of piperazine rings is 1. The Bertz CT molecular complexity index is 770. The maximum atomic E-state index is 12.4. The normalized spacial score (nSPS) is 14.9. The molecule has 0 saturated carbocycles. The van der Waals surface area contributed by atoms with Gasteiger partial charge in [0.15, 0.2) is 0 Å². The summed E-state index contributed by atoms with van der Waals surface area (Å²) in [6, 6.07) is 15.1. The number of benzene rings is 2. The van der Waals surface area contributed by atoms with Crippen LogP contribution in [0.2, 0.25) is 10.0 Å². The van der Waals surface area contributed by atoms with Gasteiger partial charge in [-0.05, 0) is 17.7 Å². The largest absolute Gasteiger partial charge is 0.332 e. The number of rotatable bonds is 3. The molecule has 7 heteroatoms. The molecule has 1 N–H and O–H groups in total. The molecule has 0 aliphatic carbocycles. The highest BCUT2D eigenvalue weighted by molar-refractivity contribution is 6.44. The number of carbonyl (C=O) groups excluding carboxylic acids is 2. The van der Waals surface area contributed by atoms with Crippen LogP contribution in [0.15, 0.2) is 48.5 Å². The lowest BCUT2D eigenvalue weighted by atomic mass is 10.2. The zero-order chi connectivity index (χ0) is 18.5. The van der Waals surface area contributed by atoms with Gasteiger partial charge >= 0.3 is 11.8 Å². The van der Waals surface area contributed by atoms with E-state index in [9.17, 15) is 9.59 Å². The third kappa shape index (κ3) is 4.55. The Hall–Kier alpha value is -2.08. The summed E-state index contributed by atoms with van der Waals surface area (Å²) in [6.45, 7) is 3.30. The predicted molar refractivity (Wildman–Crippen MR) is 103 cm³/mol. The molecule has 1 aliphatic heterocycles. The van der Waals surface area contributed by atoms with Gasteiger partial charge in [-0.15, -0.1) is 0 Å². The van der Waals surface area contributed by atoms with Gasteiger partial charge in [0.05, 0.1) is 15.7 Å². The van der Waals surface area contributed by atoms with Crippen molar-refractivity contribution in [3.8, 4) is 0 Å². The molecule has 0 spiro atoms. The Labute approximate surface area is 162 Å². The lowest BCUT2D eigenvalue weighted by Gasteiger charge is -2.34. The number of halogens is 2. The Kier molecular flexibility index (Phi) is 6.14. The first-order valence-corrected chi connectivity index (χ1v) is 9.11. The summed E-state index contributed by atoms with van der Waals surface area (Å²) in [5.41, 5.74) is 1.50. The standard InChI is InChI=1S/C19H19Cl2N3O2/c20-15-7-4-8-16(21)17(15)22-18(25)19(26)24-11-9-23(10-12-24)13-14-5-2-1-3-6-14/h1-8H,9-13H2,(H,22,25). The molecule has 0 atom stereocenters. The monoisotopic (exact) mass is 391 g/mol. The fourth-order valence-electron chi connectivity index (χ4n) is 2.88. The van der Waals surface area contributed by atoms with E-state index < -0.39 is 11.8 Å². The second kappa shape index (κ2) is 8.54. The van der Waals surface area contributed by atoms with Gasteiger partial charge in [-0.1, -0.05) is 59.6 Å². The number of para-hydroxylation sites is 1. The van der Waals surface area contributed by atoms with Crippen molar-refractivity contribution in [2.75, 3.05) is 31.5 Å². The lowest BCUT2D eigenvalue weighted by Crippen LogP contribution is -2.51. The number of nitrogens with zero attached hydrogens (tertiary/aromatic N) is 2. The van der Waals surface area contributed by atoms with Crippen molar-refractivity contribution in [2.24, 2.45) is 0 Å². The summed E-state index contributed by atoms with van der Waals surface area (Å²) in [5.74, 6) is -1.29. The second-order valence-electron chi connectivity index (χ2n) is 6.10. The summed E-state index contributed by atoms with van der Waals surface area (Å²) < 4.78 is 0. The van der Waals surface area contributed by atoms with Crippen LogP contribution >= 0.6 is 23.2 Å². The Balaban J connectivity index is 1.54. The molecule has 0 bridgehead atoms. The first-order chi connectivity index (χ1) is 12.5. The smallest absolute Gasteiger partial charge is 0.313 e. The van der Waals surface area contributed by atoms with Crippen molar-refractivity contribution < 1.29 is 9.59 Å². The predicted octanol–water partition coefficient (Wildman–Crippen LogP) is 3.28. The molecular weight excluding hydrogens is 373 g/mol. The minimum absolute atomic E-state index is 0.261. The van der Waals surface area contributed by atoms with Crippen molar-refractivity contribution >= 4 is 40.7 Å². The lowest BCUT2D eigenvalue weighted by molar-refractivity contribution is -0.144. The molecule has 1 heterocycles. The van der Waals surface area contributed by atoms with Crippen LogP contribution in [0.4, 0.5) is 5.69 Å². The SMILES string of the molecule is O=C(Nc1c(Cl)cccc1Cl)C(=O)N1CCN(Cc2ccccc2)CC1. The van der Waals surface area contributed by atoms with Crippen LogP contribution in [-0.4, -0.2) is 47.8 Å². The van der Waals surface area contributed by atoms with Gasteiger partial charge in [0.1, 0.15) is 0 Å². The molecule has 5 nitrogen and oxygen atoms in total. The highest BCUT2D eigenvalue weighted by Gasteiger charge is 2.26. The quantitative estimate of drug-likeness (QED) is 0.816. The average Bonchev–Trinajstić information content (AvgIpc) is 2.65. The Morgan fingerprint density at radius 1 is 0.885 bits per heavy atom. The number of hydrogen-bond acceptors (Lipinski definition) is 3. The van der Waals surface area contributed by atoms with E-state index in [1.807, 2.05) is 18.2 Å². The summed E-state index contributed by atoms with van der Waals surface area (Å²) in [6.07, 6.45) is 0. The first-order valence-electron chi connectivity index (χ1n) is 8.35. The topological polar surface area (TPSA) is 52.7 Å². The second-order valence-corrected chi connectivity index (χ2v) is 6.92. The maximum Gasteiger partial charge on any atom is 0.313 e. The molecule has 2 aromatic carbocycles. The fraction of sp³-hybridized carbons (Fsp3) is 0.263. The fourth-order valence-corrected chi connectivity index (χ4v) is 3.37. The zero-order valence-electron chi connectivity index (χ0n) is 14.1. The number of carbonyl (C=O) groups is 2. The van der Waals surface area contributed by atoms with E-state index in [4.69, 9.17) is 23.2 Å². The van der Waals surface area contributed by atoms with E-state index in [1.165, 1.54) is 5.56 Å². The summed E-state index contributed by atoms with van der Waals surface area (Å²) >= 11 is 12.1. The number of nitrogens with one attached hydrogen (secondary N) is 1. The first kappa shape index (κ1) is 18.7. The molecule has 0 radical (unpaired) electrons. The molecule has 3 rings (SSSR count). The summed E-state index contributed by atoms with van der Waals surface area (Å²) in [7, 11) is 0. The number of amides is 2. The van der Waals surface area contributed by atoms with Gasteiger partial charge in [-0.3, -0.25) is 14.5 Å². The number of hydrogen-bond donors (Lipinski definition) is 1. The van der Waals surface area contributed by atoms with Gasteiger partial charge in [0.25, 0.3) is 0 Å². The van der Waals surface area contributed by atoms with Gasteiger partial charge in [-0.25, -0.2) is 0 Å². The van der Waals surface area contributed by atoms with Crippen molar-refractivity contribution in [3.63, 3.8) is 0 Å². The van der Waals surface area contributed by atoms with Crippen molar-refractivity contribution in [1.82, 2.24) is 9.80 Å².